The highest BCUT2D eigenvalue weighted by Crippen LogP contribution is 2.34. The van der Waals surface area contributed by atoms with Crippen molar-refractivity contribution in [3.8, 4) is 11.1 Å². The van der Waals surface area contributed by atoms with Crippen LogP contribution < -0.4 is 11.0 Å². The third-order valence-electron chi connectivity index (χ3n) is 6.43. The van der Waals surface area contributed by atoms with Gasteiger partial charge in [-0.1, -0.05) is 68.1 Å². The van der Waals surface area contributed by atoms with Gasteiger partial charge in [0, 0.05) is 10.9 Å². The maximum atomic E-state index is 13.0. The number of amides is 1. The van der Waals surface area contributed by atoms with Crippen LogP contribution in [0, 0.1) is 0 Å². The first-order valence-electron chi connectivity index (χ1n) is 12.2. The van der Waals surface area contributed by atoms with Crippen LogP contribution in [-0.4, -0.2) is 27.8 Å². The summed E-state index contributed by atoms with van der Waals surface area (Å²) in [6, 6.07) is 14.6. The zero-order valence-corrected chi connectivity index (χ0v) is 22.0. The third-order valence-corrected chi connectivity index (χ3v) is 8.17. The summed E-state index contributed by atoms with van der Waals surface area (Å²) in [6.45, 7) is 4.29. The van der Waals surface area contributed by atoms with Crippen molar-refractivity contribution in [3.63, 3.8) is 0 Å². The molecule has 2 aromatic heterocycles. The van der Waals surface area contributed by atoms with Crippen LogP contribution in [0.5, 0.6) is 0 Å². The molecule has 5 rings (SSSR count). The summed E-state index contributed by atoms with van der Waals surface area (Å²) in [5, 5.41) is 7.07. The highest BCUT2D eigenvalue weighted by Gasteiger charge is 2.16. The Morgan fingerprint density at radius 2 is 1.94 bits per heavy atom. The maximum Gasteiger partial charge on any atom is 0.260 e. The Hall–Kier alpha value is -3.23. The first-order chi connectivity index (χ1) is 17.5. The molecule has 1 aliphatic carbocycles. The van der Waals surface area contributed by atoms with Gasteiger partial charge < -0.3 is 4.98 Å². The average Bonchev–Trinajstić information content (AvgIpc) is 3.32. The van der Waals surface area contributed by atoms with Gasteiger partial charge in [-0.3, -0.25) is 9.59 Å². The zero-order chi connectivity index (χ0) is 25.1. The quantitative estimate of drug-likeness (QED) is 0.139. The summed E-state index contributed by atoms with van der Waals surface area (Å²) in [5.74, 6) is 0.302. The predicted octanol–water partition coefficient (Wildman–Crippen LogP) is 5.90. The molecule has 184 valence electrons. The summed E-state index contributed by atoms with van der Waals surface area (Å²) >= 11 is 2.64. The number of nitrogens with zero attached hydrogens (tertiary/aromatic N) is 2. The first kappa shape index (κ1) is 24.5. The molecule has 0 aliphatic heterocycles. The van der Waals surface area contributed by atoms with E-state index in [4.69, 9.17) is 0 Å². The van der Waals surface area contributed by atoms with Crippen LogP contribution in [0.25, 0.3) is 21.3 Å². The predicted molar refractivity (Wildman–Crippen MR) is 149 cm³/mol. The highest BCUT2D eigenvalue weighted by molar-refractivity contribution is 7.99. The average molecular weight is 517 g/mol. The molecule has 0 saturated carbocycles. The van der Waals surface area contributed by atoms with Gasteiger partial charge in [-0.05, 0) is 59.4 Å². The Morgan fingerprint density at radius 1 is 1.17 bits per heavy atom. The molecule has 6 nitrogen and oxygen atoms in total. The van der Waals surface area contributed by atoms with E-state index in [9.17, 15) is 9.59 Å². The van der Waals surface area contributed by atoms with Gasteiger partial charge in [0.25, 0.3) is 11.5 Å². The molecule has 1 amide bonds. The summed E-state index contributed by atoms with van der Waals surface area (Å²) in [4.78, 5) is 33.3. The molecule has 0 bridgehead atoms. The number of hydrazone groups is 1. The Morgan fingerprint density at radius 3 is 2.72 bits per heavy atom. The number of rotatable bonds is 7. The van der Waals surface area contributed by atoms with Crippen LogP contribution in [-0.2, 0) is 17.6 Å². The molecule has 0 unspecified atom stereocenters. The second-order valence-electron chi connectivity index (χ2n) is 9.29. The van der Waals surface area contributed by atoms with Crippen LogP contribution >= 0.6 is 23.1 Å². The van der Waals surface area contributed by atoms with Gasteiger partial charge in [0.05, 0.1) is 17.4 Å². The van der Waals surface area contributed by atoms with Crippen molar-refractivity contribution in [3.05, 3.63) is 80.5 Å². The van der Waals surface area contributed by atoms with E-state index >= 15 is 0 Å². The van der Waals surface area contributed by atoms with E-state index in [2.05, 4.69) is 64.7 Å². The zero-order valence-electron chi connectivity index (χ0n) is 20.3. The smallest absolute Gasteiger partial charge is 0.260 e. The van der Waals surface area contributed by atoms with E-state index in [1.807, 2.05) is 17.5 Å². The number of carbonyl (C=O) groups excluding carboxylic acids is 1. The molecule has 2 N–H and O–H groups in total. The summed E-state index contributed by atoms with van der Waals surface area (Å²) in [5.41, 5.74) is 9.31. The first-order valence-corrected chi connectivity index (χ1v) is 14.0. The molecule has 2 heterocycles. The number of thioether (sulfide) groups is 1. The lowest BCUT2D eigenvalue weighted by Gasteiger charge is -2.16. The van der Waals surface area contributed by atoms with Crippen molar-refractivity contribution in [1.29, 1.82) is 0 Å². The monoisotopic (exact) mass is 516 g/mol. The van der Waals surface area contributed by atoms with E-state index in [0.717, 1.165) is 29.5 Å². The van der Waals surface area contributed by atoms with E-state index < -0.39 is 0 Å². The standard InChI is InChI=1S/C28H28N4O2S2/c1-17(2)19-9-7-18(8-10-19)14-29-32-24(33)16-36-28-30-26(34)25-23(15-35-27(25)31-28)22-12-11-20-5-3-4-6-21(20)13-22/h7-15,17H,3-6,16H2,1-2H3,(H,32,33)(H,30,31,34)/b29-14+. The number of carbonyl (C=O) groups is 1. The minimum Gasteiger partial charge on any atom is -0.301 e. The van der Waals surface area contributed by atoms with Gasteiger partial charge in [-0.2, -0.15) is 5.10 Å². The fourth-order valence-electron chi connectivity index (χ4n) is 4.42. The van der Waals surface area contributed by atoms with Crippen molar-refractivity contribution in [2.45, 2.75) is 50.6 Å². The minimum absolute atomic E-state index is 0.0983. The second kappa shape index (κ2) is 10.8. The minimum atomic E-state index is -0.265. The molecule has 36 heavy (non-hydrogen) atoms. The Labute approximate surface area is 218 Å². The summed E-state index contributed by atoms with van der Waals surface area (Å²) in [7, 11) is 0. The molecular formula is C28H28N4O2S2. The molecule has 0 saturated heterocycles. The Balaban J connectivity index is 1.23. The van der Waals surface area contributed by atoms with Gasteiger partial charge in [-0.25, -0.2) is 10.4 Å². The number of aromatic amines is 1. The number of benzene rings is 2. The normalized spacial score (nSPS) is 13.4. The fourth-order valence-corrected chi connectivity index (χ4v) is 6.08. The molecule has 0 radical (unpaired) electrons. The second-order valence-corrected chi connectivity index (χ2v) is 11.1. The van der Waals surface area contributed by atoms with Crippen molar-refractivity contribution < 1.29 is 4.79 Å². The Bertz CT molecular complexity index is 1490. The lowest BCUT2D eigenvalue weighted by Crippen LogP contribution is -2.20. The molecule has 0 atom stereocenters. The number of fused-ring (bicyclic) bond motifs is 2. The lowest BCUT2D eigenvalue weighted by atomic mass is 9.89. The molecule has 0 fully saturated rings. The van der Waals surface area contributed by atoms with Crippen molar-refractivity contribution in [1.82, 2.24) is 15.4 Å². The number of nitrogens with one attached hydrogen (secondary N) is 2. The van der Waals surface area contributed by atoms with Gasteiger partial charge in [-0.15, -0.1) is 11.3 Å². The van der Waals surface area contributed by atoms with Crippen LogP contribution in [0.15, 0.2) is 62.9 Å². The van der Waals surface area contributed by atoms with Crippen molar-refractivity contribution in [2.24, 2.45) is 5.10 Å². The van der Waals surface area contributed by atoms with Gasteiger partial charge in [0.2, 0.25) is 0 Å². The van der Waals surface area contributed by atoms with Gasteiger partial charge >= 0.3 is 0 Å². The van der Waals surface area contributed by atoms with Crippen LogP contribution in [0.4, 0.5) is 0 Å². The SMILES string of the molecule is CC(C)c1ccc(/C=N/NC(=O)CSc2nc3scc(-c4ccc5c(c4)CCCC5)c3c(=O)[nH]2)cc1. The summed E-state index contributed by atoms with van der Waals surface area (Å²) < 4.78 is 0. The number of hydrogen-bond donors (Lipinski definition) is 2. The van der Waals surface area contributed by atoms with Crippen LogP contribution in [0.3, 0.4) is 0 Å². The Kier molecular flexibility index (Phi) is 7.34. The van der Waals surface area contributed by atoms with E-state index in [1.165, 1.54) is 52.6 Å². The number of thiophene rings is 1. The number of hydrogen-bond acceptors (Lipinski definition) is 6. The van der Waals surface area contributed by atoms with E-state index in [-0.39, 0.29) is 17.2 Å². The third kappa shape index (κ3) is 5.44. The van der Waals surface area contributed by atoms with E-state index in [0.29, 0.717) is 21.3 Å². The summed E-state index contributed by atoms with van der Waals surface area (Å²) in [6.07, 6.45) is 6.30. The van der Waals surface area contributed by atoms with Crippen LogP contribution in [0.1, 0.15) is 54.9 Å². The maximum absolute atomic E-state index is 13.0. The number of aryl methyl sites for hydroxylation is 2. The molecule has 8 heteroatoms. The topological polar surface area (TPSA) is 87.2 Å². The van der Waals surface area contributed by atoms with E-state index in [1.54, 1.807) is 6.21 Å². The van der Waals surface area contributed by atoms with Gasteiger partial charge in [0.1, 0.15) is 4.83 Å². The van der Waals surface area contributed by atoms with Crippen molar-refractivity contribution >= 4 is 45.4 Å². The molecule has 4 aromatic rings. The fraction of sp³-hybridized carbons (Fsp3) is 0.286. The molecule has 1 aliphatic rings. The number of aromatic nitrogens is 2. The largest absolute Gasteiger partial charge is 0.301 e. The molecule has 0 spiro atoms. The lowest BCUT2D eigenvalue weighted by molar-refractivity contribution is -0.118. The molecular weight excluding hydrogens is 488 g/mol. The molecule has 2 aromatic carbocycles. The number of H-pyrrole nitrogens is 1. The van der Waals surface area contributed by atoms with Crippen LogP contribution in [0.2, 0.25) is 0 Å². The highest BCUT2D eigenvalue weighted by atomic mass is 32.2. The van der Waals surface area contributed by atoms with Gasteiger partial charge in [0.15, 0.2) is 5.16 Å². The van der Waals surface area contributed by atoms with Crippen molar-refractivity contribution in [2.75, 3.05) is 5.75 Å².